The highest BCUT2D eigenvalue weighted by molar-refractivity contribution is 6.03. The Morgan fingerprint density at radius 1 is 0.937 bits per heavy atom. The number of carbonyl (C=O) groups is 1. The maximum absolute atomic E-state index is 14.8. The number of carbonyl (C=O) groups excluding carboxylic acids is 1. The van der Waals surface area contributed by atoms with E-state index in [1.165, 1.54) is 12.1 Å². The molecule has 2 heterocycles. The van der Waals surface area contributed by atoms with Gasteiger partial charge in [0.25, 0.3) is 11.6 Å². The molecular weight excluding hydrogens is 807 g/mol. The van der Waals surface area contributed by atoms with E-state index in [-0.39, 0.29) is 69.0 Å². The summed E-state index contributed by atoms with van der Waals surface area (Å²) >= 11 is 0. The summed E-state index contributed by atoms with van der Waals surface area (Å²) in [5.74, 6) is -0.264. The summed E-state index contributed by atoms with van der Waals surface area (Å²) in [5.41, 5.74) is 3.64. The van der Waals surface area contributed by atoms with E-state index < -0.39 is 22.7 Å². The van der Waals surface area contributed by atoms with Gasteiger partial charge >= 0.3 is 0 Å². The van der Waals surface area contributed by atoms with Gasteiger partial charge in [0.2, 0.25) is 12.6 Å². The number of oxime groups is 1. The Labute approximate surface area is 366 Å². The van der Waals surface area contributed by atoms with Crippen LogP contribution in [0.15, 0.2) is 120 Å². The molecular formula is C49H53N3O11. The van der Waals surface area contributed by atoms with Crippen molar-refractivity contribution in [2.45, 2.75) is 69.3 Å². The minimum atomic E-state index is -1.47. The molecule has 6 atom stereocenters. The second kappa shape index (κ2) is 19.4. The van der Waals surface area contributed by atoms with Crippen molar-refractivity contribution >= 4 is 17.3 Å². The van der Waals surface area contributed by atoms with Crippen molar-refractivity contribution in [3.8, 4) is 28.7 Å². The van der Waals surface area contributed by atoms with Crippen molar-refractivity contribution in [2.75, 3.05) is 33.7 Å². The lowest BCUT2D eigenvalue weighted by Gasteiger charge is -2.59. The van der Waals surface area contributed by atoms with Gasteiger partial charge in [-0.2, -0.15) is 0 Å². The summed E-state index contributed by atoms with van der Waals surface area (Å²) < 4.78 is 31.8. The Morgan fingerprint density at radius 2 is 1.70 bits per heavy atom. The van der Waals surface area contributed by atoms with Crippen LogP contribution < -0.4 is 18.9 Å². The Morgan fingerprint density at radius 3 is 2.48 bits per heavy atom. The molecule has 0 bridgehead atoms. The number of nitrogens with zero attached hydrogens (tertiary/aromatic N) is 3. The molecule has 1 fully saturated rings. The fourth-order valence-corrected chi connectivity index (χ4v) is 9.72. The summed E-state index contributed by atoms with van der Waals surface area (Å²) in [4.78, 5) is 33.8. The maximum Gasteiger partial charge on any atom is 0.273 e. The Bertz CT molecular complexity index is 2350. The average molecular weight is 860 g/mol. The molecule has 14 heteroatoms. The van der Waals surface area contributed by atoms with Crippen molar-refractivity contribution in [1.82, 2.24) is 4.90 Å². The van der Waals surface area contributed by atoms with Crippen LogP contribution in [-0.2, 0) is 16.2 Å². The predicted octanol–water partition coefficient (Wildman–Crippen LogP) is 8.72. The number of hydrogen-bond donors (Lipinski definition) is 2. The third-order valence-corrected chi connectivity index (χ3v) is 12.6. The molecule has 63 heavy (non-hydrogen) atoms. The second-order valence-electron chi connectivity index (χ2n) is 16.4. The molecule has 4 aromatic rings. The van der Waals surface area contributed by atoms with Gasteiger partial charge in [0, 0.05) is 49.8 Å². The number of non-ortho nitro benzene ring substituents is 1. The van der Waals surface area contributed by atoms with E-state index in [4.69, 9.17) is 33.7 Å². The highest BCUT2D eigenvalue weighted by Gasteiger charge is 2.65. The van der Waals surface area contributed by atoms with Crippen LogP contribution in [0.3, 0.4) is 0 Å². The molecule has 4 aromatic carbocycles. The fraction of sp³-hybridized carbons (Fsp3) is 0.388. The highest BCUT2D eigenvalue weighted by Crippen LogP contribution is 2.62. The molecule has 8 rings (SSSR count). The molecule has 2 aliphatic carbocycles. The second-order valence-corrected chi connectivity index (χ2v) is 16.4. The first-order valence-electron chi connectivity index (χ1n) is 21.6. The smallest absolute Gasteiger partial charge is 0.273 e. The number of rotatable bonds is 19. The van der Waals surface area contributed by atoms with Crippen LogP contribution in [0, 0.1) is 27.9 Å². The summed E-state index contributed by atoms with van der Waals surface area (Å²) in [6.07, 6.45) is 8.48. The number of aliphatic hydroxyl groups is 2. The van der Waals surface area contributed by atoms with E-state index in [0.29, 0.717) is 52.9 Å². The molecule has 4 aliphatic rings. The number of nitro benzene ring substituents is 1. The van der Waals surface area contributed by atoms with Crippen LogP contribution in [0.2, 0.25) is 0 Å². The third-order valence-electron chi connectivity index (χ3n) is 12.6. The van der Waals surface area contributed by atoms with Crippen LogP contribution in [0.4, 0.5) is 5.69 Å². The van der Waals surface area contributed by atoms with Gasteiger partial charge in [-0.15, -0.1) is 6.58 Å². The van der Waals surface area contributed by atoms with Gasteiger partial charge in [0.1, 0.15) is 29.9 Å². The summed E-state index contributed by atoms with van der Waals surface area (Å²) in [7, 11) is 1.75. The normalized spacial score (nSPS) is 23.4. The van der Waals surface area contributed by atoms with Gasteiger partial charge in [-0.25, -0.2) is 0 Å². The van der Waals surface area contributed by atoms with E-state index in [0.717, 1.165) is 42.4 Å². The van der Waals surface area contributed by atoms with Gasteiger partial charge in [-0.05, 0) is 91.1 Å². The van der Waals surface area contributed by atoms with E-state index in [9.17, 15) is 25.1 Å². The van der Waals surface area contributed by atoms with Crippen molar-refractivity contribution in [2.24, 2.45) is 22.9 Å². The van der Waals surface area contributed by atoms with Crippen LogP contribution in [0.1, 0.15) is 72.3 Å². The fourth-order valence-electron chi connectivity index (χ4n) is 9.72. The molecule has 0 spiro atoms. The third kappa shape index (κ3) is 9.01. The lowest BCUT2D eigenvalue weighted by atomic mass is 9.55. The zero-order valence-corrected chi connectivity index (χ0v) is 35.3. The minimum absolute atomic E-state index is 0.0137. The molecule has 2 aliphatic heterocycles. The maximum atomic E-state index is 14.8. The highest BCUT2D eigenvalue weighted by atomic mass is 16.7. The number of allylic oxidation sites excluding steroid dienone is 1. The topological polar surface area (TPSA) is 172 Å². The van der Waals surface area contributed by atoms with Crippen LogP contribution in [0.25, 0.3) is 0 Å². The number of nitro groups is 1. The molecule has 1 saturated carbocycles. The zero-order valence-electron chi connectivity index (χ0n) is 35.3. The van der Waals surface area contributed by atoms with E-state index in [2.05, 4.69) is 12.7 Å². The summed E-state index contributed by atoms with van der Waals surface area (Å²) in [5, 5.41) is 36.4. The van der Waals surface area contributed by atoms with Gasteiger partial charge in [-0.3, -0.25) is 14.9 Å². The monoisotopic (exact) mass is 859 g/mol. The van der Waals surface area contributed by atoms with E-state index in [1.54, 1.807) is 54.4 Å². The molecule has 0 aromatic heterocycles. The lowest BCUT2D eigenvalue weighted by molar-refractivity contribution is -0.384. The standard InChI is InChI=1S/C49H53N3O11/c1-3-24-60-49-45(51(2)48(55)34-18-20-43-44(26-34)59-31-58-43)29-41(50-61-30-32-12-5-4-6-13-32)39-25-33(14-7-9-22-53)38(17-8-10-23-54)46(47(39)49)40-28-37(19-21-42(40)63-49)62-36-16-11-15-35(27-36)52(56)57/h3-6,11-13,15-16,18-21,25-28,33,38,45-47,53-54H,1,7-10,14,17,22-24,29-31H2,2H3. The van der Waals surface area contributed by atoms with Gasteiger partial charge in [0.15, 0.2) is 11.5 Å². The molecule has 2 N–H and O–H groups in total. The molecule has 330 valence electrons. The van der Waals surface area contributed by atoms with Crippen molar-refractivity contribution in [3.05, 3.63) is 142 Å². The number of unbranched alkanes of at least 4 members (excludes halogenated alkanes) is 2. The number of hydrogen-bond acceptors (Lipinski definition) is 12. The first kappa shape index (κ1) is 43.4. The number of benzene rings is 4. The Hall–Kier alpha value is -6.22. The van der Waals surface area contributed by atoms with Crippen molar-refractivity contribution < 1.29 is 48.5 Å². The van der Waals surface area contributed by atoms with Gasteiger partial charge in [-0.1, -0.05) is 66.5 Å². The largest absolute Gasteiger partial charge is 0.459 e. The Balaban J connectivity index is 1.30. The molecule has 0 radical (unpaired) electrons. The van der Waals surface area contributed by atoms with E-state index in [1.807, 2.05) is 42.5 Å². The first-order chi connectivity index (χ1) is 30.7. The molecule has 6 unspecified atom stereocenters. The SMILES string of the molecule is C=CCOC12Oc3ccc(Oc4cccc([N+](=O)[O-])c4)cc3C3C(CCCCO)C(CCCCO)C=C(C(=NOCc4ccccc4)CC1N(C)C(=O)c1ccc4c(c1)OCO4)C32. The van der Waals surface area contributed by atoms with Gasteiger partial charge in [0.05, 0.1) is 29.2 Å². The quantitative estimate of drug-likeness (QED) is 0.0400. The molecule has 14 nitrogen and oxygen atoms in total. The lowest BCUT2D eigenvalue weighted by Crippen LogP contribution is -2.69. The minimum Gasteiger partial charge on any atom is -0.459 e. The predicted molar refractivity (Wildman–Crippen MR) is 234 cm³/mol. The van der Waals surface area contributed by atoms with E-state index >= 15 is 0 Å². The van der Waals surface area contributed by atoms with Gasteiger partial charge < -0.3 is 43.6 Å². The number of ether oxygens (including phenoxy) is 5. The first-order valence-corrected chi connectivity index (χ1v) is 21.6. The van der Waals surface area contributed by atoms with Crippen molar-refractivity contribution in [1.29, 1.82) is 0 Å². The number of aliphatic hydroxyl groups excluding tert-OH is 2. The summed E-state index contributed by atoms with van der Waals surface area (Å²) in [6, 6.07) is 25.7. The average Bonchev–Trinajstić information content (AvgIpc) is 3.78. The number of fused-ring (bicyclic) bond motifs is 3. The molecule has 0 saturated heterocycles. The molecule has 1 amide bonds. The number of amides is 1. The van der Waals surface area contributed by atoms with Crippen LogP contribution in [-0.4, -0.2) is 77.1 Å². The van der Waals surface area contributed by atoms with Crippen LogP contribution in [0.5, 0.6) is 28.7 Å². The van der Waals surface area contributed by atoms with Crippen molar-refractivity contribution in [3.63, 3.8) is 0 Å². The zero-order chi connectivity index (χ0) is 43.9. The summed E-state index contributed by atoms with van der Waals surface area (Å²) in [6.45, 7) is 4.52. The Kier molecular flexibility index (Phi) is 13.4. The number of likely N-dealkylation sites (N-methyl/N-ethyl adjacent to an activating group) is 1. The van der Waals surface area contributed by atoms with Crippen LogP contribution >= 0.6 is 0 Å².